The number of pyridine rings is 1. The molecule has 0 atom stereocenters. The van der Waals surface area contributed by atoms with Crippen LogP contribution in [0, 0.1) is 5.82 Å². The first-order valence-corrected chi connectivity index (χ1v) is 5.38. The number of carbonyl (C=O) groups excluding carboxylic acids is 1. The smallest absolute Gasteiger partial charge is 0.316 e. The average molecular weight is 261 g/mol. The maximum absolute atomic E-state index is 13.3. The Labute approximate surface area is 104 Å². The van der Waals surface area contributed by atoms with Crippen molar-refractivity contribution < 1.29 is 9.18 Å². The van der Waals surface area contributed by atoms with Crippen LogP contribution in [0.2, 0.25) is 5.02 Å². The molecule has 1 aromatic rings. The van der Waals surface area contributed by atoms with Crippen molar-refractivity contribution in [2.24, 2.45) is 0 Å². The topological polar surface area (TPSA) is 57.3 Å². The summed E-state index contributed by atoms with van der Waals surface area (Å²) in [6.07, 6.45) is 1.35. The van der Waals surface area contributed by atoms with Crippen molar-refractivity contribution in [2.45, 2.75) is 0 Å². The number of amides is 2. The highest BCUT2D eigenvalue weighted by Crippen LogP contribution is 2.14. The van der Waals surface area contributed by atoms with Gasteiger partial charge in [-0.25, -0.2) is 14.2 Å². The van der Waals surface area contributed by atoms with Crippen molar-refractivity contribution in [1.82, 2.24) is 15.2 Å². The quantitative estimate of drug-likeness (QED) is 0.808. The van der Waals surface area contributed by atoms with Crippen LogP contribution >= 0.6 is 11.6 Å². The van der Waals surface area contributed by atoms with Crippen LogP contribution in [0.1, 0.15) is 0 Å². The lowest BCUT2D eigenvalue weighted by Crippen LogP contribution is -2.37. The van der Waals surface area contributed by atoms with Crippen molar-refractivity contribution in [3.8, 4) is 0 Å². The Morgan fingerprint density at radius 1 is 1.53 bits per heavy atom. The molecule has 17 heavy (non-hydrogen) atoms. The first kappa shape index (κ1) is 13.5. The molecule has 0 bridgehead atoms. The van der Waals surface area contributed by atoms with E-state index in [0.29, 0.717) is 13.1 Å². The molecular weight excluding hydrogens is 247 g/mol. The third-order valence-corrected chi connectivity index (χ3v) is 2.11. The Balaban J connectivity index is 2.34. The molecule has 2 N–H and O–H groups in total. The molecule has 0 unspecified atom stereocenters. The highest BCUT2D eigenvalue weighted by atomic mass is 35.5. The van der Waals surface area contributed by atoms with Gasteiger partial charge in [-0.1, -0.05) is 11.6 Å². The number of aromatic nitrogens is 1. The molecule has 2 amide bonds. The number of hydrogen-bond acceptors (Lipinski definition) is 3. The summed E-state index contributed by atoms with van der Waals surface area (Å²) < 4.78 is 13.3. The van der Waals surface area contributed by atoms with E-state index in [0.717, 1.165) is 0 Å². The van der Waals surface area contributed by atoms with E-state index >= 15 is 0 Å². The van der Waals surface area contributed by atoms with Crippen LogP contribution in [0.4, 0.5) is 15.0 Å². The highest BCUT2D eigenvalue weighted by Gasteiger charge is 2.04. The third-order valence-electron chi connectivity index (χ3n) is 1.91. The largest absolute Gasteiger partial charge is 0.366 e. The van der Waals surface area contributed by atoms with Gasteiger partial charge in [0.25, 0.3) is 0 Å². The first-order chi connectivity index (χ1) is 8.00. The fraction of sp³-hybridized carbons (Fsp3) is 0.400. The molecule has 7 heteroatoms. The van der Waals surface area contributed by atoms with E-state index in [1.807, 2.05) is 0 Å². The molecule has 1 aromatic heterocycles. The number of nitrogens with one attached hydrogen (secondary N) is 2. The van der Waals surface area contributed by atoms with Crippen LogP contribution in [0.3, 0.4) is 0 Å². The zero-order chi connectivity index (χ0) is 12.8. The van der Waals surface area contributed by atoms with Gasteiger partial charge in [0.05, 0.1) is 5.02 Å². The molecule has 0 radical (unpaired) electrons. The summed E-state index contributed by atoms with van der Waals surface area (Å²) in [5, 5.41) is 5.63. The molecule has 94 valence electrons. The Morgan fingerprint density at radius 2 is 2.24 bits per heavy atom. The number of carbonyl (C=O) groups is 1. The molecule has 0 aliphatic rings. The Morgan fingerprint density at radius 3 is 2.82 bits per heavy atom. The molecule has 1 rings (SSSR count). The van der Waals surface area contributed by atoms with Crippen molar-refractivity contribution in [1.29, 1.82) is 0 Å². The number of hydrogen-bond donors (Lipinski definition) is 2. The third kappa shape index (κ3) is 4.44. The maximum atomic E-state index is 13.3. The lowest BCUT2D eigenvalue weighted by molar-refractivity contribution is 0.218. The van der Waals surface area contributed by atoms with Gasteiger partial charge < -0.3 is 15.5 Å². The predicted molar refractivity (Wildman–Crippen MR) is 64.8 cm³/mol. The van der Waals surface area contributed by atoms with E-state index in [-0.39, 0.29) is 16.9 Å². The fourth-order valence-electron chi connectivity index (χ4n) is 1.05. The fourth-order valence-corrected chi connectivity index (χ4v) is 1.20. The number of anilines is 1. The molecule has 5 nitrogen and oxygen atoms in total. The second kappa shape index (κ2) is 6.24. The van der Waals surface area contributed by atoms with Crippen molar-refractivity contribution in [3.63, 3.8) is 0 Å². The van der Waals surface area contributed by atoms with Crippen LogP contribution in [0.15, 0.2) is 12.3 Å². The second-order valence-corrected chi connectivity index (χ2v) is 3.97. The molecule has 0 aromatic carbocycles. The molecular formula is C10H14ClFN4O. The molecule has 0 saturated heterocycles. The van der Waals surface area contributed by atoms with Crippen LogP contribution in [-0.4, -0.2) is 43.1 Å². The van der Waals surface area contributed by atoms with Gasteiger partial charge in [-0.15, -0.1) is 0 Å². The summed E-state index contributed by atoms with van der Waals surface area (Å²) in [6.45, 7) is 0.756. The van der Waals surface area contributed by atoms with Gasteiger partial charge >= 0.3 is 6.03 Å². The summed E-state index contributed by atoms with van der Waals surface area (Å²) >= 11 is 5.56. The highest BCUT2D eigenvalue weighted by molar-refractivity contribution is 6.30. The number of urea groups is 1. The van der Waals surface area contributed by atoms with Gasteiger partial charge in [-0.3, -0.25) is 0 Å². The van der Waals surface area contributed by atoms with Crippen molar-refractivity contribution in [3.05, 3.63) is 23.1 Å². The Kier molecular flexibility index (Phi) is 4.96. The summed E-state index contributed by atoms with van der Waals surface area (Å²) in [4.78, 5) is 16.4. The van der Waals surface area contributed by atoms with Gasteiger partial charge in [0.15, 0.2) is 11.6 Å². The molecule has 1 heterocycles. The summed E-state index contributed by atoms with van der Waals surface area (Å²) in [5.41, 5.74) is 0. The minimum absolute atomic E-state index is 0.119. The summed E-state index contributed by atoms with van der Waals surface area (Å²) in [5.74, 6) is -0.398. The lowest BCUT2D eigenvalue weighted by Gasteiger charge is -2.12. The van der Waals surface area contributed by atoms with E-state index in [1.165, 1.54) is 17.2 Å². The Bertz CT molecular complexity index is 400. The van der Waals surface area contributed by atoms with Gasteiger partial charge in [0.1, 0.15) is 0 Å². The predicted octanol–water partition coefficient (Wildman–Crippen LogP) is 1.56. The van der Waals surface area contributed by atoms with Gasteiger partial charge in [0, 0.05) is 33.4 Å². The standard InChI is InChI=1S/C10H14ClFN4O/c1-16(2)10(17)14-4-3-13-9-8(12)5-7(11)6-15-9/h5-6H,3-4H2,1-2H3,(H,13,15)(H,14,17). The number of nitrogens with zero attached hydrogens (tertiary/aromatic N) is 2. The van der Waals surface area contributed by atoms with Crippen molar-refractivity contribution in [2.75, 3.05) is 32.5 Å². The van der Waals surface area contributed by atoms with E-state index in [9.17, 15) is 9.18 Å². The van der Waals surface area contributed by atoms with Crippen LogP contribution in [0.25, 0.3) is 0 Å². The molecule has 0 saturated carbocycles. The minimum atomic E-state index is -0.517. The van der Waals surface area contributed by atoms with Crippen LogP contribution in [0.5, 0.6) is 0 Å². The number of halogens is 2. The second-order valence-electron chi connectivity index (χ2n) is 3.54. The van der Waals surface area contributed by atoms with Crippen LogP contribution in [-0.2, 0) is 0 Å². The van der Waals surface area contributed by atoms with Gasteiger partial charge in [0.2, 0.25) is 0 Å². The summed E-state index contributed by atoms with van der Waals surface area (Å²) in [6, 6.07) is 0.978. The van der Waals surface area contributed by atoms with Gasteiger partial charge in [-0.2, -0.15) is 0 Å². The van der Waals surface area contributed by atoms with Gasteiger partial charge in [-0.05, 0) is 6.07 Å². The maximum Gasteiger partial charge on any atom is 0.316 e. The number of rotatable bonds is 4. The van der Waals surface area contributed by atoms with E-state index in [1.54, 1.807) is 14.1 Å². The lowest BCUT2D eigenvalue weighted by atomic mass is 10.4. The molecule has 0 aliphatic heterocycles. The SMILES string of the molecule is CN(C)C(=O)NCCNc1ncc(Cl)cc1F. The van der Waals surface area contributed by atoms with E-state index in [2.05, 4.69) is 15.6 Å². The Hall–Kier alpha value is -1.56. The summed E-state index contributed by atoms with van der Waals surface area (Å²) in [7, 11) is 3.28. The molecule has 0 spiro atoms. The van der Waals surface area contributed by atoms with E-state index in [4.69, 9.17) is 11.6 Å². The molecule has 0 fully saturated rings. The van der Waals surface area contributed by atoms with Crippen molar-refractivity contribution >= 4 is 23.4 Å². The molecule has 0 aliphatic carbocycles. The van der Waals surface area contributed by atoms with Crippen LogP contribution < -0.4 is 10.6 Å². The normalized spacial score (nSPS) is 9.88. The minimum Gasteiger partial charge on any atom is -0.366 e. The monoisotopic (exact) mass is 260 g/mol. The zero-order valence-corrected chi connectivity index (χ0v) is 10.4. The zero-order valence-electron chi connectivity index (χ0n) is 9.63. The average Bonchev–Trinajstić information content (AvgIpc) is 2.26. The first-order valence-electron chi connectivity index (χ1n) is 5.01. The van der Waals surface area contributed by atoms with E-state index < -0.39 is 5.82 Å².